The summed E-state index contributed by atoms with van der Waals surface area (Å²) >= 11 is 5.93. The number of carbonyl (C=O) groups excluding carboxylic acids is 1. The van der Waals surface area contributed by atoms with Crippen LogP contribution < -0.4 is 10.1 Å². The van der Waals surface area contributed by atoms with Gasteiger partial charge in [-0.2, -0.15) is 0 Å². The third-order valence-corrected chi connectivity index (χ3v) is 4.53. The molecule has 2 aromatic rings. The molecule has 0 saturated heterocycles. The molecule has 120 valence electrons. The minimum atomic E-state index is -0.537. The molecular formula is C19H20ClNO2. The van der Waals surface area contributed by atoms with Gasteiger partial charge in [0.1, 0.15) is 5.75 Å². The summed E-state index contributed by atoms with van der Waals surface area (Å²) in [6.45, 7) is 4.33. The van der Waals surface area contributed by atoms with Crippen LogP contribution in [0.15, 0.2) is 42.5 Å². The number of hydrogen-bond donors (Lipinski definition) is 1. The van der Waals surface area contributed by atoms with Crippen molar-refractivity contribution >= 4 is 17.5 Å². The van der Waals surface area contributed by atoms with E-state index in [2.05, 4.69) is 23.5 Å². The van der Waals surface area contributed by atoms with E-state index in [0.717, 1.165) is 12.0 Å². The Balaban J connectivity index is 1.52. The van der Waals surface area contributed by atoms with Crippen molar-refractivity contribution in [1.29, 1.82) is 0 Å². The van der Waals surface area contributed by atoms with Crippen LogP contribution in [-0.4, -0.2) is 18.6 Å². The maximum absolute atomic E-state index is 12.2. The van der Waals surface area contributed by atoms with Crippen LogP contribution in [0.1, 0.15) is 29.5 Å². The first-order chi connectivity index (χ1) is 11.0. The van der Waals surface area contributed by atoms with Gasteiger partial charge in [0.2, 0.25) is 0 Å². The highest BCUT2D eigenvalue weighted by Crippen LogP contribution is 2.34. The summed E-state index contributed by atoms with van der Waals surface area (Å²) in [5, 5.41) is 3.65. The van der Waals surface area contributed by atoms with Crippen molar-refractivity contribution in [3.05, 3.63) is 64.2 Å². The third kappa shape index (κ3) is 3.50. The summed E-state index contributed by atoms with van der Waals surface area (Å²) in [5.41, 5.74) is 3.65. The molecule has 0 aliphatic heterocycles. The second-order valence-electron chi connectivity index (χ2n) is 6.01. The van der Waals surface area contributed by atoms with Crippen molar-refractivity contribution in [1.82, 2.24) is 5.32 Å². The summed E-state index contributed by atoms with van der Waals surface area (Å²) < 4.78 is 5.74. The molecule has 3 rings (SSSR count). The van der Waals surface area contributed by atoms with E-state index in [1.165, 1.54) is 11.1 Å². The molecule has 1 aliphatic rings. The Bertz CT molecular complexity index is 729. The number of rotatable bonds is 5. The number of fused-ring (bicyclic) bond motifs is 1. The number of aryl methyl sites for hydroxylation is 1. The lowest BCUT2D eigenvalue weighted by Gasteiger charge is -2.30. The van der Waals surface area contributed by atoms with E-state index in [1.54, 1.807) is 19.1 Å². The average molecular weight is 330 g/mol. The van der Waals surface area contributed by atoms with Gasteiger partial charge in [0.15, 0.2) is 6.10 Å². The molecule has 0 spiro atoms. The second kappa shape index (κ2) is 6.63. The average Bonchev–Trinajstić information content (AvgIpc) is 2.50. The molecule has 0 heterocycles. The topological polar surface area (TPSA) is 38.3 Å². The van der Waals surface area contributed by atoms with E-state index in [0.29, 0.717) is 23.2 Å². The molecule has 1 N–H and O–H groups in total. The van der Waals surface area contributed by atoms with E-state index in [4.69, 9.17) is 16.3 Å². The monoisotopic (exact) mass is 329 g/mol. The smallest absolute Gasteiger partial charge is 0.260 e. The number of nitrogens with one attached hydrogen (secondary N) is 1. The number of carbonyl (C=O) groups is 1. The Morgan fingerprint density at radius 2 is 2.13 bits per heavy atom. The summed E-state index contributed by atoms with van der Waals surface area (Å²) in [4.78, 5) is 12.2. The van der Waals surface area contributed by atoms with Crippen molar-refractivity contribution in [2.75, 3.05) is 6.54 Å². The molecule has 0 bridgehead atoms. The third-order valence-electron chi connectivity index (χ3n) is 4.29. The lowest BCUT2D eigenvalue weighted by atomic mass is 9.77. The van der Waals surface area contributed by atoms with Crippen molar-refractivity contribution < 1.29 is 9.53 Å². The maximum atomic E-state index is 12.2. The minimum absolute atomic E-state index is 0.0938. The first-order valence-corrected chi connectivity index (χ1v) is 8.20. The van der Waals surface area contributed by atoms with Gasteiger partial charge >= 0.3 is 0 Å². The standard InChI is InChI=1S/C19H20ClNO2/c1-12-9-16(20)7-8-18(12)23-13(2)19(22)21-11-15-10-14-5-3-4-6-17(14)15/h3-9,13,15H,10-11H2,1-2H3,(H,21,22)/t13-,15-/m0/s1. The molecule has 0 unspecified atom stereocenters. The normalized spacial score (nSPS) is 16.9. The first kappa shape index (κ1) is 15.9. The fourth-order valence-corrected chi connectivity index (χ4v) is 3.13. The van der Waals surface area contributed by atoms with Gasteiger partial charge in [-0.1, -0.05) is 35.9 Å². The van der Waals surface area contributed by atoms with Crippen LogP contribution in [0.25, 0.3) is 0 Å². The molecule has 4 heteroatoms. The van der Waals surface area contributed by atoms with Gasteiger partial charge in [-0.15, -0.1) is 0 Å². The van der Waals surface area contributed by atoms with E-state index < -0.39 is 6.10 Å². The number of ether oxygens (including phenoxy) is 1. The van der Waals surface area contributed by atoms with E-state index in [1.807, 2.05) is 19.1 Å². The number of halogens is 1. The summed E-state index contributed by atoms with van der Waals surface area (Å²) in [6, 6.07) is 13.8. The predicted octanol–water partition coefficient (Wildman–Crippen LogP) is 3.87. The van der Waals surface area contributed by atoms with Crippen LogP contribution in [0, 0.1) is 6.92 Å². The van der Waals surface area contributed by atoms with Crippen molar-refractivity contribution in [2.45, 2.75) is 32.3 Å². The van der Waals surface area contributed by atoms with Gasteiger partial charge < -0.3 is 10.1 Å². The van der Waals surface area contributed by atoms with Crippen LogP contribution >= 0.6 is 11.6 Å². The van der Waals surface area contributed by atoms with Gasteiger partial charge in [0.05, 0.1) is 0 Å². The number of hydrogen-bond acceptors (Lipinski definition) is 2. The fourth-order valence-electron chi connectivity index (χ4n) is 2.90. The second-order valence-corrected chi connectivity index (χ2v) is 6.45. The highest BCUT2D eigenvalue weighted by Gasteiger charge is 2.26. The van der Waals surface area contributed by atoms with Gasteiger partial charge in [-0.25, -0.2) is 0 Å². The van der Waals surface area contributed by atoms with Gasteiger partial charge in [-0.3, -0.25) is 4.79 Å². The van der Waals surface area contributed by atoms with E-state index in [9.17, 15) is 4.79 Å². The summed E-state index contributed by atoms with van der Waals surface area (Å²) in [6.07, 6.45) is 0.493. The van der Waals surface area contributed by atoms with Crippen LogP contribution in [0.5, 0.6) is 5.75 Å². The Labute approximate surface area is 141 Å². The van der Waals surface area contributed by atoms with E-state index in [-0.39, 0.29) is 5.91 Å². The van der Waals surface area contributed by atoms with Crippen molar-refractivity contribution in [3.63, 3.8) is 0 Å². The molecule has 1 aliphatic carbocycles. The first-order valence-electron chi connectivity index (χ1n) is 7.83. The van der Waals surface area contributed by atoms with Crippen molar-refractivity contribution in [2.24, 2.45) is 0 Å². The largest absolute Gasteiger partial charge is 0.481 e. The molecule has 2 atom stereocenters. The SMILES string of the molecule is Cc1cc(Cl)ccc1O[C@@H](C)C(=O)NC[C@@H]1Cc2ccccc21. The number of benzene rings is 2. The molecule has 2 aromatic carbocycles. The zero-order valence-corrected chi connectivity index (χ0v) is 14.1. The highest BCUT2D eigenvalue weighted by atomic mass is 35.5. The fraction of sp³-hybridized carbons (Fsp3) is 0.316. The molecule has 0 fully saturated rings. The molecule has 0 radical (unpaired) electrons. The predicted molar refractivity (Wildman–Crippen MR) is 92.2 cm³/mol. The van der Waals surface area contributed by atoms with Gasteiger partial charge in [-0.05, 0) is 55.2 Å². The molecule has 3 nitrogen and oxygen atoms in total. The molecule has 0 saturated carbocycles. The molecule has 23 heavy (non-hydrogen) atoms. The lowest BCUT2D eigenvalue weighted by molar-refractivity contribution is -0.127. The van der Waals surface area contributed by atoms with Crippen LogP contribution in [0.3, 0.4) is 0 Å². The molecule has 0 aromatic heterocycles. The Hall–Kier alpha value is -2.00. The maximum Gasteiger partial charge on any atom is 0.260 e. The molecule has 1 amide bonds. The van der Waals surface area contributed by atoms with Crippen LogP contribution in [0.4, 0.5) is 0 Å². The van der Waals surface area contributed by atoms with E-state index >= 15 is 0 Å². The summed E-state index contributed by atoms with van der Waals surface area (Å²) in [7, 11) is 0. The zero-order chi connectivity index (χ0) is 16.4. The summed E-state index contributed by atoms with van der Waals surface area (Å²) in [5.74, 6) is 1.01. The lowest BCUT2D eigenvalue weighted by Crippen LogP contribution is -2.40. The van der Waals surface area contributed by atoms with Gasteiger partial charge in [0.25, 0.3) is 5.91 Å². The Kier molecular flexibility index (Phi) is 4.58. The zero-order valence-electron chi connectivity index (χ0n) is 13.3. The van der Waals surface area contributed by atoms with Crippen LogP contribution in [-0.2, 0) is 11.2 Å². The van der Waals surface area contributed by atoms with Crippen LogP contribution in [0.2, 0.25) is 5.02 Å². The molecular weight excluding hydrogens is 310 g/mol. The van der Waals surface area contributed by atoms with Gasteiger partial charge in [0, 0.05) is 17.5 Å². The van der Waals surface area contributed by atoms with Crippen molar-refractivity contribution in [3.8, 4) is 5.75 Å². The Morgan fingerprint density at radius 1 is 1.35 bits per heavy atom. The minimum Gasteiger partial charge on any atom is -0.481 e. The number of amides is 1. The highest BCUT2D eigenvalue weighted by molar-refractivity contribution is 6.30. The Morgan fingerprint density at radius 3 is 2.87 bits per heavy atom. The quantitative estimate of drug-likeness (QED) is 0.904.